The number of rotatable bonds is 7. The van der Waals surface area contributed by atoms with Gasteiger partial charge in [0.15, 0.2) is 0 Å². The molecular formula is C14H22N2O2. The maximum atomic E-state index is 11.5. The third-order valence-electron chi connectivity index (χ3n) is 2.60. The summed E-state index contributed by atoms with van der Waals surface area (Å²) in [4.78, 5) is 11.5. The van der Waals surface area contributed by atoms with Crippen molar-refractivity contribution < 1.29 is 9.90 Å². The topological polar surface area (TPSA) is 61.4 Å². The van der Waals surface area contributed by atoms with Gasteiger partial charge in [-0.2, -0.15) is 0 Å². The summed E-state index contributed by atoms with van der Waals surface area (Å²) in [6, 6.07) is 9.42. The molecule has 0 bridgehead atoms. The predicted molar refractivity (Wildman–Crippen MR) is 72.1 cm³/mol. The molecule has 1 atom stereocenters. The second kappa shape index (κ2) is 7.84. The van der Waals surface area contributed by atoms with Gasteiger partial charge in [-0.15, -0.1) is 0 Å². The van der Waals surface area contributed by atoms with Crippen LogP contribution in [0.3, 0.4) is 0 Å². The number of amides is 1. The zero-order valence-electron chi connectivity index (χ0n) is 11.0. The first-order valence-corrected chi connectivity index (χ1v) is 6.29. The van der Waals surface area contributed by atoms with Crippen molar-refractivity contribution in [3.05, 3.63) is 35.9 Å². The van der Waals surface area contributed by atoms with E-state index in [9.17, 15) is 9.90 Å². The summed E-state index contributed by atoms with van der Waals surface area (Å²) < 4.78 is 0. The van der Waals surface area contributed by atoms with Crippen molar-refractivity contribution >= 4 is 5.91 Å². The molecule has 0 aromatic heterocycles. The van der Waals surface area contributed by atoms with E-state index >= 15 is 0 Å². The van der Waals surface area contributed by atoms with Crippen molar-refractivity contribution in [2.24, 2.45) is 5.92 Å². The van der Waals surface area contributed by atoms with Crippen LogP contribution in [-0.4, -0.2) is 30.7 Å². The molecule has 0 aliphatic heterocycles. The van der Waals surface area contributed by atoms with Gasteiger partial charge in [0.25, 0.3) is 0 Å². The Morgan fingerprint density at radius 2 is 1.94 bits per heavy atom. The highest BCUT2D eigenvalue weighted by atomic mass is 16.3. The number of carbonyl (C=O) groups excluding carboxylic acids is 1. The highest BCUT2D eigenvalue weighted by Crippen LogP contribution is 2.10. The standard InChI is InChI=1S/C14H22N2O2/c1-11(2)8-16-14(18)9-15-13(10-17)12-6-4-3-5-7-12/h3-7,11,13,15,17H,8-10H2,1-2H3,(H,16,18). The summed E-state index contributed by atoms with van der Waals surface area (Å²) in [6.07, 6.45) is 0. The van der Waals surface area contributed by atoms with Crippen LogP contribution in [0, 0.1) is 5.92 Å². The van der Waals surface area contributed by atoms with Crippen LogP contribution in [0.1, 0.15) is 25.5 Å². The summed E-state index contributed by atoms with van der Waals surface area (Å²) in [7, 11) is 0. The monoisotopic (exact) mass is 250 g/mol. The largest absolute Gasteiger partial charge is 0.394 e. The summed E-state index contributed by atoms with van der Waals surface area (Å²) in [5, 5.41) is 15.2. The van der Waals surface area contributed by atoms with Crippen LogP contribution in [0.2, 0.25) is 0 Å². The van der Waals surface area contributed by atoms with Crippen LogP contribution in [0.5, 0.6) is 0 Å². The molecule has 0 fully saturated rings. The normalized spacial score (nSPS) is 12.4. The zero-order chi connectivity index (χ0) is 13.4. The van der Waals surface area contributed by atoms with E-state index in [1.807, 2.05) is 44.2 Å². The highest BCUT2D eigenvalue weighted by Gasteiger charge is 2.11. The molecule has 1 aromatic rings. The van der Waals surface area contributed by atoms with E-state index in [1.54, 1.807) is 0 Å². The van der Waals surface area contributed by atoms with Gasteiger partial charge in [0.2, 0.25) is 5.91 Å². The molecule has 3 N–H and O–H groups in total. The molecule has 0 saturated carbocycles. The Hall–Kier alpha value is -1.39. The van der Waals surface area contributed by atoms with Crippen LogP contribution < -0.4 is 10.6 Å². The van der Waals surface area contributed by atoms with Crippen molar-refractivity contribution in [3.63, 3.8) is 0 Å². The molecule has 0 heterocycles. The Morgan fingerprint density at radius 1 is 1.28 bits per heavy atom. The first kappa shape index (κ1) is 14.7. The van der Waals surface area contributed by atoms with Crippen LogP contribution in [0.25, 0.3) is 0 Å². The lowest BCUT2D eigenvalue weighted by Crippen LogP contribution is -2.38. The Labute approximate surface area is 108 Å². The van der Waals surface area contributed by atoms with Crippen molar-refractivity contribution in [2.45, 2.75) is 19.9 Å². The number of aliphatic hydroxyl groups is 1. The number of hydrogen-bond donors (Lipinski definition) is 3. The molecule has 0 aliphatic carbocycles. The number of carbonyl (C=O) groups is 1. The predicted octanol–water partition coefficient (Wildman–Crippen LogP) is 1.08. The van der Waals surface area contributed by atoms with Crippen molar-refractivity contribution in [2.75, 3.05) is 19.7 Å². The van der Waals surface area contributed by atoms with E-state index in [2.05, 4.69) is 10.6 Å². The number of benzene rings is 1. The van der Waals surface area contributed by atoms with Gasteiger partial charge < -0.3 is 10.4 Å². The SMILES string of the molecule is CC(C)CNC(=O)CNC(CO)c1ccccc1. The van der Waals surface area contributed by atoms with Gasteiger partial charge in [-0.3, -0.25) is 10.1 Å². The van der Waals surface area contributed by atoms with E-state index in [1.165, 1.54) is 0 Å². The van der Waals surface area contributed by atoms with Crippen LogP contribution in [0.4, 0.5) is 0 Å². The smallest absolute Gasteiger partial charge is 0.233 e. The molecular weight excluding hydrogens is 228 g/mol. The van der Waals surface area contributed by atoms with Gasteiger partial charge in [-0.1, -0.05) is 44.2 Å². The van der Waals surface area contributed by atoms with Gasteiger partial charge in [-0.05, 0) is 11.5 Å². The molecule has 1 unspecified atom stereocenters. The van der Waals surface area contributed by atoms with Crippen LogP contribution >= 0.6 is 0 Å². The van der Waals surface area contributed by atoms with Crippen molar-refractivity contribution in [1.82, 2.24) is 10.6 Å². The summed E-state index contributed by atoms with van der Waals surface area (Å²) in [6.45, 7) is 4.96. The molecule has 0 saturated heterocycles. The van der Waals surface area contributed by atoms with Crippen LogP contribution in [0.15, 0.2) is 30.3 Å². The average Bonchev–Trinajstić information content (AvgIpc) is 2.38. The minimum atomic E-state index is -0.198. The van der Waals surface area contributed by atoms with Gasteiger partial charge in [0.05, 0.1) is 19.2 Å². The molecule has 1 amide bonds. The zero-order valence-corrected chi connectivity index (χ0v) is 11.0. The molecule has 0 radical (unpaired) electrons. The van der Waals surface area contributed by atoms with E-state index in [-0.39, 0.29) is 25.1 Å². The van der Waals surface area contributed by atoms with Crippen molar-refractivity contribution in [1.29, 1.82) is 0 Å². The van der Waals surface area contributed by atoms with Gasteiger partial charge in [0, 0.05) is 6.54 Å². The summed E-state index contributed by atoms with van der Waals surface area (Å²) >= 11 is 0. The molecule has 0 spiro atoms. The number of aliphatic hydroxyl groups excluding tert-OH is 1. The second-order valence-corrected chi connectivity index (χ2v) is 4.72. The lowest BCUT2D eigenvalue weighted by molar-refractivity contribution is -0.120. The van der Waals surface area contributed by atoms with Gasteiger partial charge in [-0.25, -0.2) is 0 Å². The lowest BCUT2D eigenvalue weighted by atomic mass is 10.1. The van der Waals surface area contributed by atoms with Gasteiger partial charge >= 0.3 is 0 Å². The Morgan fingerprint density at radius 3 is 2.50 bits per heavy atom. The molecule has 4 nitrogen and oxygen atoms in total. The maximum Gasteiger partial charge on any atom is 0.233 e. The molecule has 1 rings (SSSR count). The molecule has 18 heavy (non-hydrogen) atoms. The first-order valence-electron chi connectivity index (χ1n) is 6.29. The van der Waals surface area contributed by atoms with E-state index in [4.69, 9.17) is 0 Å². The number of nitrogens with one attached hydrogen (secondary N) is 2. The van der Waals surface area contributed by atoms with Crippen LogP contribution in [-0.2, 0) is 4.79 Å². The molecule has 1 aromatic carbocycles. The van der Waals surface area contributed by atoms with E-state index in [0.29, 0.717) is 12.5 Å². The molecule has 4 heteroatoms. The third kappa shape index (κ3) is 5.29. The van der Waals surface area contributed by atoms with E-state index in [0.717, 1.165) is 5.56 Å². The molecule has 0 aliphatic rings. The Balaban J connectivity index is 2.38. The number of hydrogen-bond acceptors (Lipinski definition) is 3. The maximum absolute atomic E-state index is 11.5. The minimum absolute atomic E-state index is 0.0263. The highest BCUT2D eigenvalue weighted by molar-refractivity contribution is 5.78. The first-order chi connectivity index (χ1) is 8.63. The fourth-order valence-corrected chi connectivity index (χ4v) is 1.57. The van der Waals surface area contributed by atoms with Crippen molar-refractivity contribution in [3.8, 4) is 0 Å². The fourth-order valence-electron chi connectivity index (χ4n) is 1.57. The van der Waals surface area contributed by atoms with Gasteiger partial charge in [0.1, 0.15) is 0 Å². The molecule has 100 valence electrons. The lowest BCUT2D eigenvalue weighted by Gasteiger charge is -2.16. The quantitative estimate of drug-likeness (QED) is 0.678. The third-order valence-corrected chi connectivity index (χ3v) is 2.60. The van der Waals surface area contributed by atoms with E-state index < -0.39 is 0 Å². The average molecular weight is 250 g/mol. The Bertz CT molecular complexity index is 352. The fraction of sp³-hybridized carbons (Fsp3) is 0.500. The minimum Gasteiger partial charge on any atom is -0.394 e. The summed E-state index contributed by atoms with van der Waals surface area (Å²) in [5.41, 5.74) is 0.983. The second-order valence-electron chi connectivity index (χ2n) is 4.72. The summed E-state index contributed by atoms with van der Waals surface area (Å²) in [5.74, 6) is 0.398. The Kier molecular flexibility index (Phi) is 6.39.